The Morgan fingerprint density at radius 3 is 2.31 bits per heavy atom. The van der Waals surface area contributed by atoms with Gasteiger partial charge in [-0.25, -0.2) is 0 Å². The molecule has 0 amide bonds. The molecule has 0 saturated heterocycles. The number of anilines is 1. The fourth-order valence-electron chi connectivity index (χ4n) is 2.01. The predicted molar refractivity (Wildman–Crippen MR) is 67.4 cm³/mol. The normalized spacial score (nSPS) is 10.8. The van der Waals surface area contributed by atoms with Crippen LogP contribution in [0.3, 0.4) is 0 Å². The van der Waals surface area contributed by atoms with Crippen LogP contribution < -0.4 is 5.73 Å². The Kier molecular flexibility index (Phi) is 2.46. The molecule has 0 radical (unpaired) electrons. The van der Waals surface area contributed by atoms with Crippen molar-refractivity contribution in [2.75, 3.05) is 5.73 Å². The molecule has 0 aliphatic carbocycles. The van der Waals surface area contributed by atoms with Crippen molar-refractivity contribution < 1.29 is 0 Å². The first kappa shape index (κ1) is 10.7. The van der Waals surface area contributed by atoms with E-state index in [-0.39, 0.29) is 0 Å². The van der Waals surface area contributed by atoms with Gasteiger partial charge in [0.05, 0.1) is 0 Å². The highest BCUT2D eigenvalue weighted by molar-refractivity contribution is 5.79. The van der Waals surface area contributed by atoms with Crippen molar-refractivity contribution in [1.82, 2.24) is 10.2 Å². The molecule has 3 nitrogen and oxygen atoms in total. The van der Waals surface area contributed by atoms with Crippen LogP contribution in [0.4, 0.5) is 5.82 Å². The van der Waals surface area contributed by atoms with E-state index >= 15 is 0 Å². The summed E-state index contributed by atoms with van der Waals surface area (Å²) in [5.41, 5.74) is 13.0. The Balaban J connectivity index is 2.71. The number of nitrogens with two attached hydrogens (primary N) is 1. The van der Waals surface area contributed by atoms with Crippen molar-refractivity contribution in [2.45, 2.75) is 27.7 Å². The largest absolute Gasteiger partial charge is 0.382 e. The highest BCUT2D eigenvalue weighted by Crippen LogP contribution is 2.32. The van der Waals surface area contributed by atoms with Crippen LogP contribution in [0.1, 0.15) is 22.4 Å². The maximum absolute atomic E-state index is 5.89. The maximum Gasteiger partial charge on any atom is 0.153 e. The lowest BCUT2D eigenvalue weighted by Crippen LogP contribution is -1.94. The third-order valence-corrected chi connectivity index (χ3v) is 3.30. The van der Waals surface area contributed by atoms with Crippen LogP contribution in [0.2, 0.25) is 0 Å². The van der Waals surface area contributed by atoms with Gasteiger partial charge in [0.2, 0.25) is 0 Å². The molecule has 3 N–H and O–H groups in total. The fourth-order valence-corrected chi connectivity index (χ4v) is 2.01. The molecule has 0 aliphatic rings. The Hall–Kier alpha value is -1.77. The first-order chi connectivity index (χ1) is 7.52. The Labute approximate surface area is 95.7 Å². The lowest BCUT2D eigenvalue weighted by Gasteiger charge is -2.11. The van der Waals surface area contributed by atoms with E-state index < -0.39 is 0 Å². The van der Waals surface area contributed by atoms with E-state index in [2.05, 4.69) is 43.1 Å². The summed E-state index contributed by atoms with van der Waals surface area (Å²) in [6.45, 7) is 8.38. The van der Waals surface area contributed by atoms with Crippen molar-refractivity contribution in [1.29, 1.82) is 0 Å². The zero-order chi connectivity index (χ0) is 11.9. The van der Waals surface area contributed by atoms with Crippen molar-refractivity contribution in [2.24, 2.45) is 0 Å². The van der Waals surface area contributed by atoms with E-state index in [1.54, 1.807) is 0 Å². The molecule has 0 fully saturated rings. The SMILES string of the molecule is Cc1ccc(-c2c(N)n[nH]c2C)c(C)c1C. The van der Waals surface area contributed by atoms with Gasteiger partial charge in [0.1, 0.15) is 0 Å². The molecule has 0 spiro atoms. The minimum atomic E-state index is 0.573. The lowest BCUT2D eigenvalue weighted by molar-refractivity contribution is 1.05. The van der Waals surface area contributed by atoms with Crippen molar-refractivity contribution in [3.63, 3.8) is 0 Å². The molecule has 3 heteroatoms. The number of aryl methyl sites for hydroxylation is 2. The van der Waals surface area contributed by atoms with E-state index in [0.717, 1.165) is 11.3 Å². The second kappa shape index (κ2) is 3.67. The Bertz CT molecular complexity index is 519. The number of nitrogen functional groups attached to an aromatic ring is 1. The average molecular weight is 215 g/mol. The number of nitrogens with one attached hydrogen (secondary N) is 1. The topological polar surface area (TPSA) is 54.7 Å². The summed E-state index contributed by atoms with van der Waals surface area (Å²) in [5.74, 6) is 0.573. The lowest BCUT2D eigenvalue weighted by atomic mass is 9.94. The molecule has 0 unspecified atom stereocenters. The van der Waals surface area contributed by atoms with Gasteiger partial charge in [-0.05, 0) is 49.9 Å². The molecule has 0 bridgehead atoms. The molecule has 0 atom stereocenters. The summed E-state index contributed by atoms with van der Waals surface area (Å²) >= 11 is 0. The Morgan fingerprint density at radius 2 is 1.75 bits per heavy atom. The van der Waals surface area contributed by atoms with Gasteiger partial charge in [-0.3, -0.25) is 5.10 Å². The molecule has 2 rings (SSSR count). The van der Waals surface area contributed by atoms with Crippen LogP contribution in [-0.2, 0) is 0 Å². The summed E-state index contributed by atoms with van der Waals surface area (Å²) in [6, 6.07) is 4.25. The predicted octanol–water partition coefficient (Wildman–Crippen LogP) is 2.89. The van der Waals surface area contributed by atoms with Gasteiger partial charge >= 0.3 is 0 Å². The van der Waals surface area contributed by atoms with Gasteiger partial charge in [-0.15, -0.1) is 0 Å². The van der Waals surface area contributed by atoms with E-state index in [1.165, 1.54) is 22.3 Å². The van der Waals surface area contributed by atoms with Crippen molar-refractivity contribution in [3.8, 4) is 11.1 Å². The first-order valence-electron chi connectivity index (χ1n) is 5.40. The average Bonchev–Trinajstić information content (AvgIpc) is 2.57. The summed E-state index contributed by atoms with van der Waals surface area (Å²) in [5, 5.41) is 6.96. The van der Waals surface area contributed by atoms with Crippen molar-refractivity contribution in [3.05, 3.63) is 34.5 Å². The highest BCUT2D eigenvalue weighted by atomic mass is 15.2. The van der Waals surface area contributed by atoms with Gasteiger partial charge in [0.15, 0.2) is 5.82 Å². The van der Waals surface area contributed by atoms with Crippen molar-refractivity contribution >= 4 is 5.82 Å². The zero-order valence-corrected chi connectivity index (χ0v) is 10.2. The minimum absolute atomic E-state index is 0.573. The Morgan fingerprint density at radius 1 is 1.06 bits per heavy atom. The van der Waals surface area contributed by atoms with Gasteiger partial charge in [-0.2, -0.15) is 5.10 Å². The number of hydrogen-bond donors (Lipinski definition) is 2. The molecule has 1 aromatic carbocycles. The standard InChI is InChI=1S/C13H17N3/c1-7-5-6-11(9(3)8(7)2)12-10(4)15-16-13(12)14/h5-6H,1-4H3,(H3,14,15,16). The molecule has 2 aromatic rings. The summed E-state index contributed by atoms with van der Waals surface area (Å²) in [4.78, 5) is 0. The van der Waals surface area contributed by atoms with Gasteiger partial charge in [0.25, 0.3) is 0 Å². The first-order valence-corrected chi connectivity index (χ1v) is 5.40. The fraction of sp³-hybridized carbons (Fsp3) is 0.308. The van der Waals surface area contributed by atoms with E-state index in [0.29, 0.717) is 5.82 Å². The van der Waals surface area contributed by atoms with E-state index in [9.17, 15) is 0 Å². The molecule has 0 aliphatic heterocycles. The third-order valence-electron chi connectivity index (χ3n) is 3.30. The number of aromatic nitrogens is 2. The monoisotopic (exact) mass is 215 g/mol. The number of rotatable bonds is 1. The van der Waals surface area contributed by atoms with Crippen LogP contribution in [-0.4, -0.2) is 10.2 Å². The summed E-state index contributed by atoms with van der Waals surface area (Å²) in [6.07, 6.45) is 0. The van der Waals surface area contributed by atoms with Crippen LogP contribution in [0.5, 0.6) is 0 Å². The third kappa shape index (κ3) is 1.48. The van der Waals surface area contributed by atoms with Crippen LogP contribution in [0.25, 0.3) is 11.1 Å². The second-order valence-corrected chi connectivity index (χ2v) is 4.29. The smallest absolute Gasteiger partial charge is 0.153 e. The number of H-pyrrole nitrogens is 1. The quantitative estimate of drug-likeness (QED) is 0.768. The summed E-state index contributed by atoms with van der Waals surface area (Å²) in [7, 11) is 0. The molecular weight excluding hydrogens is 198 g/mol. The molecule has 1 heterocycles. The number of hydrogen-bond acceptors (Lipinski definition) is 2. The number of benzene rings is 1. The summed E-state index contributed by atoms with van der Waals surface area (Å²) < 4.78 is 0. The molecule has 84 valence electrons. The molecule has 0 saturated carbocycles. The molecular formula is C13H17N3. The van der Waals surface area contributed by atoms with Gasteiger partial charge < -0.3 is 5.73 Å². The molecule has 16 heavy (non-hydrogen) atoms. The minimum Gasteiger partial charge on any atom is -0.382 e. The van der Waals surface area contributed by atoms with Crippen LogP contribution in [0, 0.1) is 27.7 Å². The molecule has 1 aromatic heterocycles. The van der Waals surface area contributed by atoms with Gasteiger partial charge in [-0.1, -0.05) is 12.1 Å². The van der Waals surface area contributed by atoms with E-state index in [1.807, 2.05) is 6.92 Å². The maximum atomic E-state index is 5.89. The van der Waals surface area contributed by atoms with Crippen LogP contribution in [0.15, 0.2) is 12.1 Å². The zero-order valence-electron chi connectivity index (χ0n) is 10.2. The number of aromatic amines is 1. The highest BCUT2D eigenvalue weighted by Gasteiger charge is 2.13. The second-order valence-electron chi connectivity index (χ2n) is 4.29. The van der Waals surface area contributed by atoms with E-state index in [4.69, 9.17) is 5.73 Å². The van der Waals surface area contributed by atoms with Gasteiger partial charge in [0, 0.05) is 11.3 Å². The van der Waals surface area contributed by atoms with Crippen LogP contribution >= 0.6 is 0 Å². The number of nitrogens with zero attached hydrogens (tertiary/aromatic N) is 1.